The summed E-state index contributed by atoms with van der Waals surface area (Å²) < 4.78 is 10.9. The van der Waals surface area contributed by atoms with E-state index in [0.717, 1.165) is 22.6 Å². The molecule has 0 aliphatic rings. The lowest BCUT2D eigenvalue weighted by Gasteiger charge is -2.15. The summed E-state index contributed by atoms with van der Waals surface area (Å²) in [5.74, 6) is 1.71. The van der Waals surface area contributed by atoms with Crippen molar-refractivity contribution in [2.45, 2.75) is 13.0 Å². The maximum atomic E-state index is 6.12. The van der Waals surface area contributed by atoms with Crippen molar-refractivity contribution in [2.24, 2.45) is 5.73 Å². The number of nitrogens with two attached hydrogens (primary N) is 1. The van der Waals surface area contributed by atoms with Crippen LogP contribution in [0.5, 0.6) is 11.5 Å². The normalized spacial score (nSPS) is 11.9. The lowest BCUT2D eigenvalue weighted by molar-refractivity contribution is 0.289. The highest BCUT2D eigenvalue weighted by Gasteiger charge is 2.08. The van der Waals surface area contributed by atoms with Crippen LogP contribution in [0.2, 0.25) is 0 Å². The van der Waals surface area contributed by atoms with Gasteiger partial charge in [-0.15, -0.1) is 0 Å². The number of rotatable bonds is 5. The third kappa shape index (κ3) is 3.48. The first-order chi connectivity index (χ1) is 9.20. The van der Waals surface area contributed by atoms with Crippen molar-refractivity contribution in [1.82, 2.24) is 0 Å². The lowest BCUT2D eigenvalue weighted by atomic mass is 10.1. The Morgan fingerprint density at radius 2 is 1.74 bits per heavy atom. The van der Waals surface area contributed by atoms with E-state index in [9.17, 15) is 0 Å². The van der Waals surface area contributed by atoms with Crippen LogP contribution in [0.4, 0.5) is 0 Å². The second kappa shape index (κ2) is 6.25. The SMILES string of the molecule is COc1ccc(C(N)COc2ccccc2C)cc1. The Bertz CT molecular complexity index is 523. The molecule has 3 nitrogen and oxygen atoms in total. The fraction of sp³-hybridized carbons (Fsp3) is 0.250. The number of hydrogen-bond acceptors (Lipinski definition) is 3. The Labute approximate surface area is 114 Å². The van der Waals surface area contributed by atoms with Gasteiger partial charge >= 0.3 is 0 Å². The molecular weight excluding hydrogens is 238 g/mol. The summed E-state index contributed by atoms with van der Waals surface area (Å²) in [4.78, 5) is 0. The summed E-state index contributed by atoms with van der Waals surface area (Å²) in [6.45, 7) is 2.48. The van der Waals surface area contributed by atoms with E-state index in [1.165, 1.54) is 0 Å². The van der Waals surface area contributed by atoms with Gasteiger partial charge < -0.3 is 15.2 Å². The van der Waals surface area contributed by atoms with Gasteiger partial charge in [-0.1, -0.05) is 30.3 Å². The van der Waals surface area contributed by atoms with Gasteiger partial charge in [-0.05, 0) is 36.2 Å². The number of para-hydroxylation sites is 1. The molecule has 0 radical (unpaired) electrons. The number of ether oxygens (including phenoxy) is 2. The third-order valence-corrected chi connectivity index (χ3v) is 3.06. The first kappa shape index (κ1) is 13.4. The minimum Gasteiger partial charge on any atom is -0.497 e. The Kier molecular flexibility index (Phi) is 4.42. The second-order valence-electron chi connectivity index (χ2n) is 4.46. The standard InChI is InChI=1S/C16H19NO2/c1-12-5-3-4-6-16(12)19-11-15(17)13-7-9-14(18-2)10-8-13/h3-10,15H,11,17H2,1-2H3. The summed E-state index contributed by atoms with van der Waals surface area (Å²) in [6.07, 6.45) is 0. The molecule has 100 valence electrons. The van der Waals surface area contributed by atoms with E-state index in [1.807, 2.05) is 55.5 Å². The molecule has 0 saturated heterocycles. The van der Waals surface area contributed by atoms with E-state index in [-0.39, 0.29) is 6.04 Å². The Morgan fingerprint density at radius 1 is 1.05 bits per heavy atom. The van der Waals surface area contributed by atoms with Crippen LogP contribution in [0, 0.1) is 6.92 Å². The Morgan fingerprint density at radius 3 is 2.37 bits per heavy atom. The maximum Gasteiger partial charge on any atom is 0.122 e. The van der Waals surface area contributed by atoms with Gasteiger partial charge in [-0.3, -0.25) is 0 Å². The topological polar surface area (TPSA) is 44.5 Å². The summed E-state index contributed by atoms with van der Waals surface area (Å²) in [5.41, 5.74) is 8.27. The molecule has 0 aliphatic carbocycles. The first-order valence-corrected chi connectivity index (χ1v) is 6.28. The smallest absolute Gasteiger partial charge is 0.122 e. The Balaban J connectivity index is 1.97. The van der Waals surface area contributed by atoms with Gasteiger partial charge in [-0.25, -0.2) is 0 Å². The molecule has 2 N–H and O–H groups in total. The van der Waals surface area contributed by atoms with Crippen LogP contribution in [0.15, 0.2) is 48.5 Å². The summed E-state index contributed by atoms with van der Waals surface area (Å²) in [6, 6.07) is 15.5. The van der Waals surface area contributed by atoms with E-state index in [4.69, 9.17) is 15.2 Å². The van der Waals surface area contributed by atoms with Crippen molar-refractivity contribution >= 4 is 0 Å². The molecule has 2 rings (SSSR count). The van der Waals surface area contributed by atoms with Crippen molar-refractivity contribution in [3.63, 3.8) is 0 Å². The van der Waals surface area contributed by atoms with Crippen LogP contribution in [0.1, 0.15) is 17.2 Å². The van der Waals surface area contributed by atoms with Crippen LogP contribution >= 0.6 is 0 Å². The van der Waals surface area contributed by atoms with Crippen molar-refractivity contribution in [2.75, 3.05) is 13.7 Å². The molecule has 0 aliphatic heterocycles. The quantitative estimate of drug-likeness (QED) is 0.895. The van der Waals surface area contributed by atoms with Crippen LogP contribution < -0.4 is 15.2 Å². The van der Waals surface area contributed by atoms with E-state index in [2.05, 4.69) is 0 Å². The molecule has 1 atom stereocenters. The molecular formula is C16H19NO2. The highest BCUT2D eigenvalue weighted by molar-refractivity contribution is 5.32. The summed E-state index contributed by atoms with van der Waals surface area (Å²) in [7, 11) is 1.65. The van der Waals surface area contributed by atoms with Crippen molar-refractivity contribution in [3.8, 4) is 11.5 Å². The van der Waals surface area contributed by atoms with E-state index >= 15 is 0 Å². The largest absolute Gasteiger partial charge is 0.497 e. The molecule has 2 aromatic rings. The van der Waals surface area contributed by atoms with Crippen molar-refractivity contribution in [3.05, 3.63) is 59.7 Å². The summed E-state index contributed by atoms with van der Waals surface area (Å²) in [5, 5.41) is 0. The zero-order valence-electron chi connectivity index (χ0n) is 11.3. The molecule has 0 aromatic heterocycles. The highest BCUT2D eigenvalue weighted by Crippen LogP contribution is 2.20. The van der Waals surface area contributed by atoms with Gasteiger partial charge in [0.1, 0.15) is 18.1 Å². The van der Waals surface area contributed by atoms with E-state index < -0.39 is 0 Å². The number of benzene rings is 2. The van der Waals surface area contributed by atoms with Gasteiger partial charge in [0.2, 0.25) is 0 Å². The zero-order valence-corrected chi connectivity index (χ0v) is 11.3. The van der Waals surface area contributed by atoms with Crippen molar-refractivity contribution < 1.29 is 9.47 Å². The maximum absolute atomic E-state index is 6.12. The predicted octanol–water partition coefficient (Wildman–Crippen LogP) is 3.08. The minimum atomic E-state index is -0.148. The third-order valence-electron chi connectivity index (χ3n) is 3.06. The number of aryl methyl sites for hydroxylation is 1. The molecule has 0 heterocycles. The molecule has 3 heteroatoms. The van der Waals surface area contributed by atoms with Crippen molar-refractivity contribution in [1.29, 1.82) is 0 Å². The molecule has 0 saturated carbocycles. The molecule has 19 heavy (non-hydrogen) atoms. The number of methoxy groups -OCH3 is 1. The van der Waals surface area contributed by atoms with Gasteiger partial charge in [0, 0.05) is 0 Å². The van der Waals surface area contributed by atoms with Gasteiger partial charge in [0.15, 0.2) is 0 Å². The second-order valence-corrected chi connectivity index (χ2v) is 4.46. The van der Waals surface area contributed by atoms with Crippen LogP contribution in [-0.2, 0) is 0 Å². The van der Waals surface area contributed by atoms with Gasteiger partial charge in [0.25, 0.3) is 0 Å². The molecule has 2 aromatic carbocycles. The molecule has 0 fully saturated rings. The monoisotopic (exact) mass is 257 g/mol. The lowest BCUT2D eigenvalue weighted by Crippen LogP contribution is -2.19. The predicted molar refractivity (Wildman–Crippen MR) is 76.6 cm³/mol. The molecule has 1 unspecified atom stereocenters. The summed E-state index contributed by atoms with van der Waals surface area (Å²) >= 11 is 0. The first-order valence-electron chi connectivity index (χ1n) is 6.28. The van der Waals surface area contributed by atoms with Crippen LogP contribution in [-0.4, -0.2) is 13.7 Å². The van der Waals surface area contributed by atoms with Gasteiger partial charge in [-0.2, -0.15) is 0 Å². The number of hydrogen-bond donors (Lipinski definition) is 1. The fourth-order valence-electron chi connectivity index (χ4n) is 1.85. The van der Waals surface area contributed by atoms with Crippen LogP contribution in [0.25, 0.3) is 0 Å². The van der Waals surface area contributed by atoms with Gasteiger partial charge in [0.05, 0.1) is 13.2 Å². The van der Waals surface area contributed by atoms with Crippen LogP contribution in [0.3, 0.4) is 0 Å². The molecule has 0 bridgehead atoms. The molecule has 0 amide bonds. The van der Waals surface area contributed by atoms with E-state index in [0.29, 0.717) is 6.61 Å². The minimum absolute atomic E-state index is 0.148. The fourth-order valence-corrected chi connectivity index (χ4v) is 1.85. The Hall–Kier alpha value is -2.00. The zero-order chi connectivity index (χ0) is 13.7. The van der Waals surface area contributed by atoms with E-state index in [1.54, 1.807) is 7.11 Å². The highest BCUT2D eigenvalue weighted by atomic mass is 16.5. The average Bonchev–Trinajstić information content (AvgIpc) is 2.46. The molecule has 0 spiro atoms. The average molecular weight is 257 g/mol.